The van der Waals surface area contributed by atoms with Gasteiger partial charge < -0.3 is 5.73 Å². The lowest BCUT2D eigenvalue weighted by molar-refractivity contribution is 0.595. The topological polar surface area (TPSA) is 73.1 Å². The Kier molecular flexibility index (Phi) is 3.50. The highest BCUT2D eigenvalue weighted by Crippen LogP contribution is 2.26. The van der Waals surface area contributed by atoms with Crippen molar-refractivity contribution >= 4 is 42.8 Å². The van der Waals surface area contributed by atoms with E-state index in [2.05, 4.69) is 20.9 Å². The van der Waals surface area contributed by atoms with E-state index in [1.165, 1.54) is 17.4 Å². The highest BCUT2D eigenvalue weighted by Gasteiger charge is 2.19. The van der Waals surface area contributed by atoms with Crippen molar-refractivity contribution in [2.24, 2.45) is 0 Å². The Morgan fingerprint density at radius 1 is 1.41 bits per heavy atom. The van der Waals surface area contributed by atoms with Gasteiger partial charge in [-0.05, 0) is 18.2 Å². The fourth-order valence-corrected chi connectivity index (χ4v) is 4.28. The number of nitrogens with two attached hydrogens (primary N) is 1. The highest BCUT2D eigenvalue weighted by atomic mass is 79.9. The summed E-state index contributed by atoms with van der Waals surface area (Å²) < 4.78 is 25.0. The van der Waals surface area contributed by atoms with E-state index in [9.17, 15) is 8.42 Å². The number of nitrogens with zero attached hydrogens (tertiary/aromatic N) is 1. The number of aromatic nitrogens is 1. The minimum atomic E-state index is -3.44. The molecule has 0 amide bonds. The predicted octanol–water partition coefficient (Wildman–Crippen LogP) is 2.46. The van der Waals surface area contributed by atoms with Crippen LogP contribution in [0.5, 0.6) is 0 Å². The molecule has 1 aromatic carbocycles. The molecule has 1 heterocycles. The van der Waals surface area contributed by atoms with Crippen molar-refractivity contribution in [2.45, 2.75) is 10.6 Å². The molecule has 0 saturated heterocycles. The maximum absolute atomic E-state index is 12.1. The first-order valence-electron chi connectivity index (χ1n) is 4.65. The van der Waals surface area contributed by atoms with Crippen molar-refractivity contribution in [1.82, 2.24) is 4.98 Å². The molecule has 0 aliphatic rings. The molecule has 7 heteroatoms. The number of sulfone groups is 1. The standard InChI is InChI=1S/C10H9BrN2O2S2/c11-7-1-2-8(12)9(5-7)17(14,15)6-10-13-3-4-16-10/h1-5H,6,12H2. The van der Waals surface area contributed by atoms with Gasteiger partial charge in [-0.2, -0.15) is 0 Å². The first kappa shape index (κ1) is 12.5. The van der Waals surface area contributed by atoms with Crippen LogP contribution in [0, 0.1) is 0 Å². The van der Waals surface area contributed by atoms with Crippen molar-refractivity contribution in [3.8, 4) is 0 Å². The SMILES string of the molecule is Nc1ccc(Br)cc1S(=O)(=O)Cc1nccs1. The number of nitrogen functional groups attached to an aromatic ring is 1. The lowest BCUT2D eigenvalue weighted by Gasteiger charge is -2.06. The Balaban J connectivity index is 2.41. The molecule has 0 aliphatic heterocycles. The monoisotopic (exact) mass is 332 g/mol. The fraction of sp³-hybridized carbons (Fsp3) is 0.100. The second-order valence-electron chi connectivity index (χ2n) is 3.37. The van der Waals surface area contributed by atoms with E-state index in [1.54, 1.807) is 23.7 Å². The van der Waals surface area contributed by atoms with E-state index in [0.29, 0.717) is 9.48 Å². The Morgan fingerprint density at radius 2 is 2.18 bits per heavy atom. The number of rotatable bonds is 3. The van der Waals surface area contributed by atoms with Crippen LogP contribution >= 0.6 is 27.3 Å². The summed E-state index contributed by atoms with van der Waals surface area (Å²) in [5.74, 6) is -0.120. The molecule has 0 fully saturated rings. The van der Waals surface area contributed by atoms with Gasteiger partial charge in [0.05, 0.1) is 10.6 Å². The zero-order valence-electron chi connectivity index (χ0n) is 8.63. The van der Waals surface area contributed by atoms with Crippen LogP contribution in [-0.4, -0.2) is 13.4 Å². The maximum Gasteiger partial charge on any atom is 0.186 e. The Morgan fingerprint density at radius 3 is 2.82 bits per heavy atom. The van der Waals surface area contributed by atoms with Gasteiger partial charge in [0.2, 0.25) is 0 Å². The molecule has 0 aliphatic carbocycles. The van der Waals surface area contributed by atoms with Crippen LogP contribution in [0.4, 0.5) is 5.69 Å². The van der Waals surface area contributed by atoms with Crippen molar-refractivity contribution in [3.05, 3.63) is 39.3 Å². The van der Waals surface area contributed by atoms with Crippen LogP contribution in [-0.2, 0) is 15.6 Å². The van der Waals surface area contributed by atoms with Gasteiger partial charge in [0.1, 0.15) is 10.8 Å². The van der Waals surface area contributed by atoms with Gasteiger partial charge in [0.25, 0.3) is 0 Å². The summed E-state index contributed by atoms with van der Waals surface area (Å²) in [6.07, 6.45) is 1.58. The summed E-state index contributed by atoms with van der Waals surface area (Å²) in [5, 5.41) is 2.30. The molecular formula is C10H9BrN2O2S2. The maximum atomic E-state index is 12.1. The van der Waals surface area contributed by atoms with Gasteiger partial charge in [-0.1, -0.05) is 15.9 Å². The zero-order valence-corrected chi connectivity index (χ0v) is 11.8. The zero-order chi connectivity index (χ0) is 12.5. The normalized spacial score (nSPS) is 11.6. The van der Waals surface area contributed by atoms with Gasteiger partial charge in [0, 0.05) is 16.0 Å². The fourth-order valence-electron chi connectivity index (χ4n) is 1.34. The van der Waals surface area contributed by atoms with E-state index in [-0.39, 0.29) is 16.3 Å². The Hall–Kier alpha value is -0.920. The molecule has 0 radical (unpaired) electrons. The molecule has 0 saturated carbocycles. The molecule has 2 N–H and O–H groups in total. The molecule has 0 unspecified atom stereocenters. The van der Waals surface area contributed by atoms with Gasteiger partial charge in [0.15, 0.2) is 9.84 Å². The van der Waals surface area contributed by atoms with E-state index < -0.39 is 9.84 Å². The third-order valence-electron chi connectivity index (χ3n) is 2.11. The average molecular weight is 333 g/mol. The molecule has 0 spiro atoms. The number of halogens is 1. The minimum Gasteiger partial charge on any atom is -0.398 e. The highest BCUT2D eigenvalue weighted by molar-refractivity contribution is 9.10. The summed E-state index contributed by atoms with van der Waals surface area (Å²) in [6.45, 7) is 0. The first-order valence-corrected chi connectivity index (χ1v) is 7.98. The van der Waals surface area contributed by atoms with Gasteiger partial charge in [-0.15, -0.1) is 11.3 Å². The number of hydrogen-bond acceptors (Lipinski definition) is 5. The minimum absolute atomic E-state index is 0.120. The lowest BCUT2D eigenvalue weighted by Crippen LogP contribution is -2.07. The van der Waals surface area contributed by atoms with Crippen molar-refractivity contribution in [3.63, 3.8) is 0 Å². The molecule has 4 nitrogen and oxygen atoms in total. The summed E-state index contributed by atoms with van der Waals surface area (Å²) in [4.78, 5) is 4.11. The van der Waals surface area contributed by atoms with Crippen LogP contribution in [0.1, 0.15) is 5.01 Å². The summed E-state index contributed by atoms with van der Waals surface area (Å²) >= 11 is 4.55. The number of benzene rings is 1. The average Bonchev–Trinajstić information content (AvgIpc) is 2.73. The molecule has 0 atom stereocenters. The third kappa shape index (κ3) is 2.85. The van der Waals surface area contributed by atoms with Crippen LogP contribution in [0.25, 0.3) is 0 Å². The molecule has 1 aromatic heterocycles. The number of anilines is 1. The van der Waals surface area contributed by atoms with Gasteiger partial charge >= 0.3 is 0 Å². The Bertz CT molecular complexity index is 624. The van der Waals surface area contributed by atoms with Crippen molar-refractivity contribution in [1.29, 1.82) is 0 Å². The molecule has 2 rings (SSSR count). The lowest BCUT2D eigenvalue weighted by atomic mass is 10.3. The van der Waals surface area contributed by atoms with Crippen molar-refractivity contribution in [2.75, 3.05) is 5.73 Å². The van der Waals surface area contributed by atoms with Crippen LogP contribution in [0.15, 0.2) is 39.1 Å². The third-order valence-corrected chi connectivity index (χ3v) is 5.24. The van der Waals surface area contributed by atoms with Gasteiger partial charge in [-0.3, -0.25) is 0 Å². The number of thiazole rings is 1. The van der Waals surface area contributed by atoms with Crippen LogP contribution in [0.2, 0.25) is 0 Å². The van der Waals surface area contributed by atoms with E-state index >= 15 is 0 Å². The second kappa shape index (κ2) is 4.75. The van der Waals surface area contributed by atoms with E-state index in [1.807, 2.05) is 0 Å². The first-order chi connectivity index (χ1) is 7.99. The largest absolute Gasteiger partial charge is 0.398 e. The summed E-state index contributed by atoms with van der Waals surface area (Å²) in [6, 6.07) is 4.79. The molecule has 17 heavy (non-hydrogen) atoms. The van der Waals surface area contributed by atoms with Gasteiger partial charge in [-0.25, -0.2) is 13.4 Å². The van der Waals surface area contributed by atoms with E-state index in [0.717, 1.165) is 0 Å². The number of hydrogen-bond donors (Lipinski definition) is 1. The van der Waals surface area contributed by atoms with Crippen molar-refractivity contribution < 1.29 is 8.42 Å². The van der Waals surface area contributed by atoms with Crippen LogP contribution < -0.4 is 5.73 Å². The smallest absolute Gasteiger partial charge is 0.186 e. The molecule has 2 aromatic rings. The second-order valence-corrected chi connectivity index (χ2v) is 7.22. The quantitative estimate of drug-likeness (QED) is 0.876. The van der Waals surface area contributed by atoms with E-state index in [4.69, 9.17) is 5.73 Å². The molecule has 90 valence electrons. The Labute approximate surface area is 112 Å². The van der Waals surface area contributed by atoms with Crippen LogP contribution in [0.3, 0.4) is 0 Å². The molecular weight excluding hydrogens is 324 g/mol. The summed E-state index contributed by atoms with van der Waals surface area (Å²) in [7, 11) is -3.44. The molecule has 0 bridgehead atoms. The predicted molar refractivity (Wildman–Crippen MR) is 71.6 cm³/mol. The summed E-state index contributed by atoms with van der Waals surface area (Å²) in [5.41, 5.74) is 5.94.